The number of hydrogen-bond acceptors (Lipinski definition) is 2. The van der Waals surface area contributed by atoms with E-state index in [0.717, 1.165) is 11.1 Å². The molecule has 0 amide bonds. The molecule has 0 atom stereocenters. The third-order valence-electron chi connectivity index (χ3n) is 2.74. The third kappa shape index (κ3) is 4.25. The molecule has 0 spiro atoms. The summed E-state index contributed by atoms with van der Waals surface area (Å²) in [6.45, 7) is 13.7. The van der Waals surface area contributed by atoms with Crippen molar-refractivity contribution in [3.63, 3.8) is 0 Å². The van der Waals surface area contributed by atoms with Gasteiger partial charge in [-0.2, -0.15) is 0 Å². The van der Waals surface area contributed by atoms with Gasteiger partial charge < -0.3 is 5.11 Å². The van der Waals surface area contributed by atoms with E-state index in [2.05, 4.69) is 38.9 Å². The van der Waals surface area contributed by atoms with Gasteiger partial charge in [0, 0.05) is 6.21 Å². The number of benzene rings is 1. The Labute approximate surface area is 115 Å². The molecular weight excluding hydrogens is 234 g/mol. The van der Waals surface area contributed by atoms with E-state index in [1.165, 1.54) is 0 Å². The minimum Gasteiger partial charge on any atom is -0.506 e. The van der Waals surface area contributed by atoms with Gasteiger partial charge >= 0.3 is 0 Å². The Kier molecular flexibility index (Phi) is 4.87. The second-order valence-corrected chi connectivity index (χ2v) is 5.32. The summed E-state index contributed by atoms with van der Waals surface area (Å²) in [5.41, 5.74) is 2.56. The third-order valence-corrected chi connectivity index (χ3v) is 2.74. The van der Waals surface area contributed by atoms with Gasteiger partial charge in [0.15, 0.2) is 0 Å². The lowest BCUT2D eigenvalue weighted by Crippen LogP contribution is -2.10. The van der Waals surface area contributed by atoms with Gasteiger partial charge in [-0.05, 0) is 28.7 Å². The molecule has 0 aromatic heterocycles. The van der Waals surface area contributed by atoms with Crippen LogP contribution in [0.25, 0.3) is 0 Å². The summed E-state index contributed by atoms with van der Waals surface area (Å²) in [6.07, 6.45) is 6.83. The highest BCUT2D eigenvalue weighted by Gasteiger charge is 2.14. The molecule has 1 aromatic rings. The zero-order valence-electron chi connectivity index (χ0n) is 11.9. The van der Waals surface area contributed by atoms with Gasteiger partial charge in [-0.25, -0.2) is 0 Å². The summed E-state index contributed by atoms with van der Waals surface area (Å²) in [4.78, 5) is 4.31. The monoisotopic (exact) mass is 255 g/mol. The Balaban J connectivity index is 3.14. The molecule has 1 aromatic carbocycles. The fourth-order valence-corrected chi connectivity index (χ4v) is 1.54. The summed E-state index contributed by atoms with van der Waals surface area (Å²) in [5.74, 6) is 0.172. The van der Waals surface area contributed by atoms with Crippen molar-refractivity contribution >= 4 is 11.9 Å². The lowest BCUT2D eigenvalue weighted by atomic mass is 9.87. The van der Waals surface area contributed by atoms with Gasteiger partial charge in [0.05, 0.1) is 0 Å². The Hall–Kier alpha value is -2.09. The highest BCUT2D eigenvalue weighted by atomic mass is 16.3. The van der Waals surface area contributed by atoms with Crippen molar-refractivity contribution in [2.45, 2.75) is 26.2 Å². The molecule has 0 heterocycles. The second kappa shape index (κ2) is 6.19. The normalized spacial score (nSPS) is 12.7. The molecule has 0 saturated heterocycles. The Morgan fingerprint density at radius 1 is 1.26 bits per heavy atom. The maximum Gasteiger partial charge on any atom is 0.141 e. The summed E-state index contributed by atoms with van der Waals surface area (Å²) >= 11 is 0. The molecule has 2 nitrogen and oxygen atoms in total. The highest BCUT2D eigenvalue weighted by Crippen LogP contribution is 2.32. The van der Waals surface area contributed by atoms with Gasteiger partial charge in [0.1, 0.15) is 11.4 Å². The van der Waals surface area contributed by atoms with Crippen LogP contribution in [0, 0.1) is 0 Å². The van der Waals surface area contributed by atoms with Crippen LogP contribution in [-0.2, 0) is 5.41 Å². The molecule has 0 fully saturated rings. The van der Waals surface area contributed by atoms with Crippen molar-refractivity contribution in [2.75, 3.05) is 0 Å². The summed E-state index contributed by atoms with van der Waals surface area (Å²) < 4.78 is 0. The zero-order valence-corrected chi connectivity index (χ0v) is 11.9. The topological polar surface area (TPSA) is 32.6 Å². The first-order chi connectivity index (χ1) is 8.88. The summed E-state index contributed by atoms with van der Waals surface area (Å²) in [6, 6.07) is 5.50. The van der Waals surface area contributed by atoms with E-state index >= 15 is 0 Å². The predicted octanol–water partition coefficient (Wildman–Crippen LogP) is 4.69. The van der Waals surface area contributed by atoms with Gasteiger partial charge in [-0.1, -0.05) is 58.2 Å². The van der Waals surface area contributed by atoms with Crippen molar-refractivity contribution in [3.8, 4) is 5.75 Å². The zero-order chi connectivity index (χ0) is 14.5. The van der Waals surface area contributed by atoms with Crippen LogP contribution in [0.1, 0.15) is 26.3 Å². The summed E-state index contributed by atoms with van der Waals surface area (Å²) in [7, 11) is 0. The Morgan fingerprint density at radius 2 is 1.95 bits per heavy atom. The molecule has 0 bridgehead atoms. The van der Waals surface area contributed by atoms with Gasteiger partial charge in [-0.3, -0.25) is 4.99 Å². The predicted molar refractivity (Wildman–Crippen MR) is 83.4 cm³/mol. The first kappa shape index (κ1) is 15.0. The first-order valence-corrected chi connectivity index (χ1v) is 6.21. The summed E-state index contributed by atoms with van der Waals surface area (Å²) in [5, 5.41) is 9.84. The average molecular weight is 255 g/mol. The number of nitrogens with zero attached hydrogens (tertiary/aromatic N) is 1. The maximum absolute atomic E-state index is 9.84. The Bertz CT molecular complexity index is 531. The number of allylic oxidation sites excluding steroid dienone is 4. The van der Waals surface area contributed by atoms with E-state index in [1.54, 1.807) is 30.5 Å². The molecule has 2 heteroatoms. The smallest absolute Gasteiger partial charge is 0.141 e. The van der Waals surface area contributed by atoms with Crippen LogP contribution in [0.4, 0.5) is 5.69 Å². The van der Waals surface area contributed by atoms with Crippen molar-refractivity contribution in [3.05, 3.63) is 60.7 Å². The van der Waals surface area contributed by atoms with Crippen molar-refractivity contribution in [1.82, 2.24) is 0 Å². The molecule has 0 radical (unpaired) electrons. The maximum atomic E-state index is 9.84. The number of rotatable bonds is 4. The molecule has 0 unspecified atom stereocenters. The molecule has 0 aliphatic rings. The number of aliphatic imine (C=N–C) groups is 1. The lowest BCUT2D eigenvalue weighted by Gasteiger charge is -2.19. The second-order valence-electron chi connectivity index (χ2n) is 5.32. The Morgan fingerprint density at radius 3 is 2.47 bits per heavy atom. The number of aromatic hydroxyl groups is 1. The SMILES string of the molecule is C=C/C=C(\C=C)C=Nc1cc(C(C)(C)C)ccc1O. The molecule has 0 aliphatic carbocycles. The average Bonchev–Trinajstić information content (AvgIpc) is 2.34. The van der Waals surface area contributed by atoms with Crippen molar-refractivity contribution in [1.29, 1.82) is 0 Å². The fourth-order valence-electron chi connectivity index (χ4n) is 1.54. The quantitative estimate of drug-likeness (QED) is 0.614. The van der Waals surface area contributed by atoms with E-state index in [1.807, 2.05) is 12.1 Å². The van der Waals surface area contributed by atoms with Crippen LogP contribution >= 0.6 is 0 Å². The van der Waals surface area contributed by atoms with Crippen molar-refractivity contribution < 1.29 is 5.11 Å². The van der Waals surface area contributed by atoms with Crippen molar-refractivity contribution in [2.24, 2.45) is 4.99 Å². The molecule has 0 saturated carbocycles. The van der Waals surface area contributed by atoms with Gasteiger partial charge in [0.25, 0.3) is 0 Å². The molecular formula is C17H21NO. The largest absolute Gasteiger partial charge is 0.506 e. The van der Waals surface area contributed by atoms with E-state index in [4.69, 9.17) is 0 Å². The van der Waals surface area contributed by atoms with Crippen LogP contribution in [0.3, 0.4) is 0 Å². The van der Waals surface area contributed by atoms with Gasteiger partial charge in [-0.15, -0.1) is 0 Å². The number of phenolic OH excluding ortho intramolecular Hbond substituents is 1. The minimum atomic E-state index is 0.0240. The lowest BCUT2D eigenvalue weighted by molar-refractivity contribution is 0.475. The van der Waals surface area contributed by atoms with E-state index in [-0.39, 0.29) is 11.2 Å². The fraction of sp³-hybridized carbons (Fsp3) is 0.235. The van der Waals surface area contributed by atoms with E-state index < -0.39 is 0 Å². The van der Waals surface area contributed by atoms with Crippen LogP contribution in [0.2, 0.25) is 0 Å². The molecule has 0 aliphatic heterocycles. The minimum absolute atomic E-state index is 0.0240. The van der Waals surface area contributed by atoms with Crippen LogP contribution in [-0.4, -0.2) is 11.3 Å². The molecule has 1 rings (SSSR count). The van der Waals surface area contributed by atoms with Crippen LogP contribution in [0.5, 0.6) is 5.75 Å². The number of phenols is 1. The highest BCUT2D eigenvalue weighted by molar-refractivity contribution is 5.85. The molecule has 1 N–H and O–H groups in total. The van der Waals surface area contributed by atoms with Gasteiger partial charge in [0.2, 0.25) is 0 Å². The standard InChI is InChI=1S/C17H21NO/c1-6-8-13(7-2)12-18-15-11-14(17(3,4)5)9-10-16(15)19/h6-12,19H,1-2H2,3-5H3/b13-8+,18-12?. The van der Waals surface area contributed by atoms with E-state index in [9.17, 15) is 5.11 Å². The first-order valence-electron chi connectivity index (χ1n) is 6.21. The van der Waals surface area contributed by atoms with Crippen LogP contribution < -0.4 is 0 Å². The van der Waals surface area contributed by atoms with E-state index in [0.29, 0.717) is 5.69 Å². The van der Waals surface area contributed by atoms with Crippen LogP contribution in [0.15, 0.2) is 60.2 Å². The molecule has 19 heavy (non-hydrogen) atoms. The molecule has 100 valence electrons. The number of hydrogen-bond donors (Lipinski definition) is 1.